The Hall–Kier alpha value is -1.03. The van der Waals surface area contributed by atoms with E-state index in [1.807, 2.05) is 5.38 Å². The van der Waals surface area contributed by atoms with E-state index < -0.39 is 9.84 Å². The molecule has 0 saturated carbocycles. The van der Waals surface area contributed by atoms with Crippen molar-refractivity contribution in [2.45, 2.75) is 24.7 Å². The molecule has 3 rings (SSSR count). The van der Waals surface area contributed by atoms with Crippen LogP contribution >= 0.6 is 27.3 Å². The third-order valence-electron chi connectivity index (χ3n) is 3.48. The van der Waals surface area contributed by atoms with Crippen molar-refractivity contribution in [1.82, 2.24) is 14.9 Å². The highest BCUT2D eigenvalue weighted by Crippen LogP contribution is 2.23. The number of hydrogen-bond donors (Lipinski definition) is 1. The van der Waals surface area contributed by atoms with Gasteiger partial charge in [-0.1, -0.05) is 0 Å². The summed E-state index contributed by atoms with van der Waals surface area (Å²) in [6, 6.07) is 2.06. The minimum Gasteiger partial charge on any atom is -0.297 e. The van der Waals surface area contributed by atoms with Gasteiger partial charge in [0.25, 0.3) is 5.56 Å². The second kappa shape index (κ2) is 5.88. The van der Waals surface area contributed by atoms with Gasteiger partial charge in [0.15, 0.2) is 0 Å². The summed E-state index contributed by atoms with van der Waals surface area (Å²) >= 11 is 5.10. The molecule has 3 heterocycles. The van der Waals surface area contributed by atoms with Crippen LogP contribution in [0, 0.1) is 0 Å². The molecule has 9 heteroatoms. The van der Waals surface area contributed by atoms with E-state index in [0.29, 0.717) is 24.2 Å². The third-order valence-corrected chi connectivity index (χ3v) is 6.06. The van der Waals surface area contributed by atoms with Crippen molar-refractivity contribution in [3.63, 3.8) is 0 Å². The first kappa shape index (κ1) is 15.9. The molecular formula is C13H14BrN3O3S2. The van der Waals surface area contributed by atoms with E-state index in [-0.39, 0.29) is 10.7 Å². The van der Waals surface area contributed by atoms with Gasteiger partial charge in [0, 0.05) is 47.0 Å². The van der Waals surface area contributed by atoms with E-state index in [0.717, 1.165) is 23.8 Å². The number of nitrogens with zero attached hydrogens (tertiary/aromatic N) is 2. The first-order valence-corrected chi connectivity index (χ1v) is 10.2. The zero-order valence-electron chi connectivity index (χ0n) is 11.8. The van der Waals surface area contributed by atoms with Crippen LogP contribution in [0.2, 0.25) is 0 Å². The van der Waals surface area contributed by atoms with E-state index in [2.05, 4.69) is 36.9 Å². The summed E-state index contributed by atoms with van der Waals surface area (Å²) in [7, 11) is -3.50. The largest absolute Gasteiger partial charge is 0.297 e. The molecule has 1 N–H and O–H groups in total. The number of rotatable bonds is 3. The molecule has 1 aliphatic heterocycles. The molecule has 118 valence electrons. The van der Waals surface area contributed by atoms with Gasteiger partial charge < -0.3 is 0 Å². The molecule has 0 aliphatic carbocycles. The van der Waals surface area contributed by atoms with E-state index in [1.165, 1.54) is 4.88 Å². The Morgan fingerprint density at radius 3 is 2.91 bits per heavy atom. The highest BCUT2D eigenvalue weighted by atomic mass is 79.9. The van der Waals surface area contributed by atoms with E-state index in [9.17, 15) is 13.2 Å². The van der Waals surface area contributed by atoms with Gasteiger partial charge in [0.1, 0.15) is 0 Å². The van der Waals surface area contributed by atoms with Crippen molar-refractivity contribution >= 4 is 37.1 Å². The lowest BCUT2D eigenvalue weighted by Gasteiger charge is -2.27. The van der Waals surface area contributed by atoms with Gasteiger partial charge in [-0.2, -0.15) is 0 Å². The maximum atomic E-state index is 12.1. The predicted octanol–water partition coefficient (Wildman–Crippen LogP) is 1.56. The molecule has 0 spiro atoms. The average Bonchev–Trinajstić information content (AvgIpc) is 2.83. The number of hydrogen-bond acceptors (Lipinski definition) is 6. The monoisotopic (exact) mass is 403 g/mol. The average molecular weight is 404 g/mol. The lowest BCUT2D eigenvalue weighted by Crippen LogP contribution is -2.35. The number of aromatic nitrogens is 2. The van der Waals surface area contributed by atoms with Crippen LogP contribution in [0.4, 0.5) is 0 Å². The number of aromatic amines is 1. The zero-order valence-corrected chi connectivity index (χ0v) is 15.0. The van der Waals surface area contributed by atoms with Gasteiger partial charge >= 0.3 is 0 Å². The molecule has 0 bridgehead atoms. The summed E-state index contributed by atoms with van der Waals surface area (Å²) < 4.78 is 24.1. The number of halogens is 1. The molecule has 2 aromatic rings. The Labute approximate surface area is 140 Å². The Morgan fingerprint density at radius 2 is 2.27 bits per heavy atom. The fourth-order valence-electron chi connectivity index (χ4n) is 2.43. The summed E-state index contributed by atoms with van der Waals surface area (Å²) in [5.74, 6) is 0. The van der Waals surface area contributed by atoms with Gasteiger partial charge in [-0.05, 0) is 22.0 Å². The first-order valence-electron chi connectivity index (χ1n) is 6.60. The number of thiophene rings is 1. The van der Waals surface area contributed by atoms with Crippen LogP contribution in [0.15, 0.2) is 25.9 Å². The lowest BCUT2D eigenvalue weighted by molar-refractivity contribution is 0.243. The molecule has 2 aromatic heterocycles. The van der Waals surface area contributed by atoms with Gasteiger partial charge in [-0.15, -0.1) is 11.3 Å². The van der Waals surface area contributed by atoms with Crippen molar-refractivity contribution in [3.05, 3.63) is 42.4 Å². The van der Waals surface area contributed by atoms with E-state index >= 15 is 0 Å². The summed E-state index contributed by atoms with van der Waals surface area (Å²) in [4.78, 5) is 22.0. The SMILES string of the molecule is CS(=O)(=O)c1nc2c(c(=O)[nH]1)CN(Cc1cc(Br)cs1)CC2. The fraction of sp³-hybridized carbons (Fsp3) is 0.385. The van der Waals surface area contributed by atoms with Crippen molar-refractivity contribution in [1.29, 1.82) is 0 Å². The molecule has 0 aromatic carbocycles. The maximum Gasteiger partial charge on any atom is 0.256 e. The molecule has 0 fully saturated rings. The normalized spacial score (nSPS) is 15.7. The molecule has 0 unspecified atom stereocenters. The Morgan fingerprint density at radius 1 is 1.50 bits per heavy atom. The minimum absolute atomic E-state index is 0.244. The number of H-pyrrole nitrogens is 1. The molecule has 22 heavy (non-hydrogen) atoms. The summed E-state index contributed by atoms with van der Waals surface area (Å²) in [6.07, 6.45) is 1.62. The Bertz CT molecular complexity index is 873. The van der Waals surface area contributed by atoms with Crippen LogP contribution in [-0.2, 0) is 29.3 Å². The fourth-order valence-corrected chi connectivity index (χ4v) is 4.47. The van der Waals surface area contributed by atoms with Crippen molar-refractivity contribution < 1.29 is 8.42 Å². The van der Waals surface area contributed by atoms with Crippen molar-refractivity contribution in [2.75, 3.05) is 12.8 Å². The number of nitrogens with one attached hydrogen (secondary N) is 1. The van der Waals surface area contributed by atoms with Gasteiger partial charge in [0.05, 0.1) is 11.3 Å². The summed E-state index contributed by atoms with van der Waals surface area (Å²) in [5.41, 5.74) is 0.796. The van der Waals surface area contributed by atoms with Crippen LogP contribution < -0.4 is 5.56 Å². The lowest BCUT2D eigenvalue weighted by atomic mass is 10.1. The van der Waals surface area contributed by atoms with Crippen LogP contribution in [0.25, 0.3) is 0 Å². The zero-order chi connectivity index (χ0) is 15.9. The van der Waals surface area contributed by atoms with E-state index in [1.54, 1.807) is 11.3 Å². The molecule has 0 radical (unpaired) electrons. The standard InChI is InChI=1S/C13H14BrN3O3S2/c1-22(19,20)13-15-11-2-3-17(6-10(11)12(18)16-13)5-9-4-8(14)7-21-9/h4,7H,2-3,5-6H2,1H3,(H,15,16,18). The van der Waals surface area contributed by atoms with Crippen molar-refractivity contribution in [2.24, 2.45) is 0 Å². The smallest absolute Gasteiger partial charge is 0.256 e. The highest BCUT2D eigenvalue weighted by molar-refractivity contribution is 9.10. The Balaban J connectivity index is 1.86. The molecule has 0 atom stereocenters. The quantitative estimate of drug-likeness (QED) is 0.786. The van der Waals surface area contributed by atoms with E-state index in [4.69, 9.17) is 0 Å². The summed E-state index contributed by atoms with van der Waals surface area (Å²) in [5, 5.41) is 1.78. The van der Waals surface area contributed by atoms with Crippen LogP contribution in [0.5, 0.6) is 0 Å². The van der Waals surface area contributed by atoms with Crippen molar-refractivity contribution in [3.8, 4) is 0 Å². The number of sulfone groups is 1. The Kier molecular flexibility index (Phi) is 4.23. The van der Waals surface area contributed by atoms with Gasteiger partial charge in [-0.25, -0.2) is 13.4 Å². The van der Waals surface area contributed by atoms with Crippen LogP contribution in [-0.4, -0.2) is 36.1 Å². The van der Waals surface area contributed by atoms with Gasteiger partial charge in [-0.3, -0.25) is 14.7 Å². The molecule has 1 aliphatic rings. The van der Waals surface area contributed by atoms with Crippen LogP contribution in [0.3, 0.4) is 0 Å². The van der Waals surface area contributed by atoms with Gasteiger partial charge in [0.2, 0.25) is 15.0 Å². The predicted molar refractivity (Wildman–Crippen MR) is 87.8 cm³/mol. The summed E-state index contributed by atoms with van der Waals surface area (Å²) in [6.45, 7) is 2.00. The molecule has 6 nitrogen and oxygen atoms in total. The molecule has 0 saturated heterocycles. The first-order chi connectivity index (χ1) is 10.3. The minimum atomic E-state index is -3.50. The second-order valence-electron chi connectivity index (χ2n) is 5.26. The number of fused-ring (bicyclic) bond motifs is 1. The molecule has 0 amide bonds. The third kappa shape index (κ3) is 3.32. The maximum absolute atomic E-state index is 12.1. The molecular weight excluding hydrogens is 390 g/mol. The second-order valence-corrected chi connectivity index (χ2v) is 9.10. The van der Waals surface area contributed by atoms with Crippen LogP contribution in [0.1, 0.15) is 16.1 Å². The topological polar surface area (TPSA) is 83.1 Å². The highest BCUT2D eigenvalue weighted by Gasteiger charge is 2.23.